The minimum atomic E-state index is -0.652. The fraction of sp³-hybridized carbons (Fsp3) is 0.167. The number of aromatic nitrogens is 2. The summed E-state index contributed by atoms with van der Waals surface area (Å²) >= 11 is 0. The van der Waals surface area contributed by atoms with Crippen LogP contribution in [0.3, 0.4) is 0 Å². The van der Waals surface area contributed by atoms with E-state index in [1.54, 1.807) is 6.07 Å². The molecule has 1 fully saturated rings. The first-order valence-corrected chi connectivity index (χ1v) is 10.1. The zero-order valence-electron chi connectivity index (χ0n) is 16.8. The van der Waals surface area contributed by atoms with Crippen molar-refractivity contribution in [2.45, 2.75) is 0 Å². The molecule has 0 unspecified atom stereocenters. The average Bonchev–Trinajstić information content (AvgIpc) is 2.82. The zero-order valence-corrected chi connectivity index (χ0v) is 16.8. The first kappa shape index (κ1) is 19.3. The monoisotopic (exact) mass is 416 g/mol. The maximum absolute atomic E-state index is 13.8. The van der Waals surface area contributed by atoms with Crippen molar-refractivity contribution in [3.63, 3.8) is 0 Å². The van der Waals surface area contributed by atoms with Crippen molar-refractivity contribution in [3.05, 3.63) is 72.8 Å². The van der Waals surface area contributed by atoms with Crippen LogP contribution < -0.4 is 10.2 Å². The molecule has 5 rings (SSSR count). The van der Waals surface area contributed by atoms with Gasteiger partial charge in [-0.3, -0.25) is 0 Å². The number of benzene rings is 3. The largest absolute Gasteiger partial charge is 0.505 e. The number of morpholine rings is 1. The quantitative estimate of drug-likeness (QED) is 0.502. The van der Waals surface area contributed by atoms with Crippen molar-refractivity contribution in [2.24, 2.45) is 0 Å². The van der Waals surface area contributed by atoms with Gasteiger partial charge in [-0.2, -0.15) is 0 Å². The molecule has 0 aliphatic carbocycles. The van der Waals surface area contributed by atoms with Gasteiger partial charge in [0.2, 0.25) is 0 Å². The molecule has 1 aliphatic rings. The minimum absolute atomic E-state index is 0.365. The molecule has 4 aromatic rings. The summed E-state index contributed by atoms with van der Waals surface area (Å²) in [4.78, 5) is 11.1. The summed E-state index contributed by atoms with van der Waals surface area (Å²) in [6.45, 7) is 3.29. The fourth-order valence-electron chi connectivity index (χ4n) is 3.74. The molecule has 1 aliphatic heterocycles. The third kappa shape index (κ3) is 4.00. The molecule has 0 amide bonds. The lowest BCUT2D eigenvalue weighted by atomic mass is 10.0. The molecule has 7 heteroatoms. The van der Waals surface area contributed by atoms with E-state index in [2.05, 4.69) is 32.3 Å². The summed E-state index contributed by atoms with van der Waals surface area (Å²) < 4.78 is 19.2. The minimum Gasteiger partial charge on any atom is -0.505 e. The number of nitrogens with one attached hydrogen (secondary N) is 1. The van der Waals surface area contributed by atoms with Crippen molar-refractivity contribution in [2.75, 3.05) is 36.5 Å². The van der Waals surface area contributed by atoms with Gasteiger partial charge in [0.05, 0.1) is 18.7 Å². The van der Waals surface area contributed by atoms with Crippen LogP contribution in [-0.2, 0) is 4.74 Å². The van der Waals surface area contributed by atoms with E-state index in [1.807, 2.05) is 30.3 Å². The Bertz CT molecular complexity index is 1220. The molecule has 6 nitrogen and oxygen atoms in total. The SMILES string of the molecule is Oc1ccc(-c2ccc3ncnc(Nc4ccc(N5CCOCC5)cc4)c3c2)cc1F. The normalized spacial score (nSPS) is 14.0. The topological polar surface area (TPSA) is 70.5 Å². The van der Waals surface area contributed by atoms with E-state index in [1.165, 1.54) is 18.5 Å². The van der Waals surface area contributed by atoms with Crippen LogP contribution >= 0.6 is 0 Å². The van der Waals surface area contributed by atoms with Gasteiger partial charge < -0.3 is 20.1 Å². The predicted molar refractivity (Wildman–Crippen MR) is 119 cm³/mol. The molecular formula is C24H21FN4O2. The van der Waals surface area contributed by atoms with Gasteiger partial charge in [-0.15, -0.1) is 0 Å². The smallest absolute Gasteiger partial charge is 0.165 e. The second-order valence-corrected chi connectivity index (χ2v) is 7.39. The van der Waals surface area contributed by atoms with E-state index in [-0.39, 0.29) is 5.75 Å². The first-order chi connectivity index (χ1) is 15.2. The van der Waals surface area contributed by atoms with Crippen molar-refractivity contribution in [1.29, 1.82) is 0 Å². The van der Waals surface area contributed by atoms with Crippen LogP contribution in [0.25, 0.3) is 22.0 Å². The number of phenolic OH excluding ortho intramolecular Hbond substituents is 1. The number of hydrogen-bond donors (Lipinski definition) is 2. The van der Waals surface area contributed by atoms with E-state index in [0.29, 0.717) is 11.4 Å². The third-order valence-corrected chi connectivity index (χ3v) is 5.42. The van der Waals surface area contributed by atoms with Crippen molar-refractivity contribution in [3.8, 4) is 16.9 Å². The van der Waals surface area contributed by atoms with Gasteiger partial charge in [-0.1, -0.05) is 12.1 Å². The molecule has 1 saturated heterocycles. The Balaban J connectivity index is 1.44. The summed E-state index contributed by atoms with van der Waals surface area (Å²) in [7, 11) is 0. The van der Waals surface area contributed by atoms with Gasteiger partial charge in [-0.25, -0.2) is 14.4 Å². The van der Waals surface area contributed by atoms with Crippen LogP contribution in [0.15, 0.2) is 67.0 Å². The molecule has 3 aromatic carbocycles. The van der Waals surface area contributed by atoms with Crippen LogP contribution in [-0.4, -0.2) is 41.4 Å². The van der Waals surface area contributed by atoms with Crippen LogP contribution in [0, 0.1) is 5.82 Å². The number of nitrogens with zero attached hydrogens (tertiary/aromatic N) is 3. The first-order valence-electron chi connectivity index (χ1n) is 10.1. The van der Waals surface area contributed by atoms with Gasteiger partial charge in [0.25, 0.3) is 0 Å². The number of fused-ring (bicyclic) bond motifs is 1. The highest BCUT2D eigenvalue weighted by Crippen LogP contribution is 2.30. The van der Waals surface area contributed by atoms with Crippen LogP contribution in [0.5, 0.6) is 5.75 Å². The molecule has 31 heavy (non-hydrogen) atoms. The molecule has 1 aromatic heterocycles. The average molecular weight is 416 g/mol. The zero-order chi connectivity index (χ0) is 21.2. The standard InChI is InChI=1S/C24H21FN4O2/c25-21-14-17(2-8-23(21)30)16-1-7-22-20(13-16)24(27-15-26-22)28-18-3-5-19(6-4-18)29-9-11-31-12-10-29/h1-8,13-15,30H,9-12H2,(H,26,27,28). The van der Waals surface area contributed by atoms with Crippen LogP contribution in [0.4, 0.5) is 21.6 Å². The van der Waals surface area contributed by atoms with Gasteiger partial charge in [0, 0.05) is 29.9 Å². The summed E-state index contributed by atoms with van der Waals surface area (Å²) in [5.74, 6) is -0.346. The fourth-order valence-corrected chi connectivity index (χ4v) is 3.74. The van der Waals surface area contributed by atoms with Gasteiger partial charge >= 0.3 is 0 Å². The highest BCUT2D eigenvalue weighted by molar-refractivity contribution is 5.93. The Hall–Kier alpha value is -3.71. The number of ether oxygens (including phenoxy) is 1. The lowest BCUT2D eigenvalue weighted by Gasteiger charge is -2.28. The molecule has 0 bridgehead atoms. The van der Waals surface area contributed by atoms with E-state index >= 15 is 0 Å². The molecule has 2 N–H and O–H groups in total. The number of phenols is 1. The predicted octanol–water partition coefficient (Wildman–Crippen LogP) is 4.72. The molecule has 0 spiro atoms. The van der Waals surface area contributed by atoms with Gasteiger partial charge in [-0.05, 0) is 59.7 Å². The molecule has 2 heterocycles. The van der Waals surface area contributed by atoms with E-state index in [4.69, 9.17) is 4.74 Å². The molecule has 156 valence electrons. The maximum atomic E-state index is 13.8. The van der Waals surface area contributed by atoms with E-state index in [9.17, 15) is 9.50 Å². The highest BCUT2D eigenvalue weighted by Gasteiger charge is 2.12. The molecule has 0 radical (unpaired) electrons. The Labute approximate surface area is 179 Å². The lowest BCUT2D eigenvalue weighted by molar-refractivity contribution is 0.122. The molecule has 0 saturated carbocycles. The van der Waals surface area contributed by atoms with Crippen molar-refractivity contribution < 1.29 is 14.2 Å². The van der Waals surface area contributed by atoms with Crippen LogP contribution in [0.2, 0.25) is 0 Å². The highest BCUT2D eigenvalue weighted by atomic mass is 19.1. The second-order valence-electron chi connectivity index (χ2n) is 7.39. The van der Waals surface area contributed by atoms with Crippen molar-refractivity contribution >= 4 is 28.1 Å². The van der Waals surface area contributed by atoms with E-state index < -0.39 is 5.82 Å². The molecular weight excluding hydrogens is 395 g/mol. The maximum Gasteiger partial charge on any atom is 0.165 e. The number of halogens is 1. The van der Waals surface area contributed by atoms with Crippen molar-refractivity contribution in [1.82, 2.24) is 9.97 Å². The Morgan fingerprint density at radius 1 is 0.903 bits per heavy atom. The van der Waals surface area contributed by atoms with E-state index in [0.717, 1.165) is 54.1 Å². The number of hydrogen-bond acceptors (Lipinski definition) is 6. The summed E-state index contributed by atoms with van der Waals surface area (Å²) in [6.07, 6.45) is 1.52. The Morgan fingerprint density at radius 2 is 1.65 bits per heavy atom. The number of anilines is 3. The summed E-state index contributed by atoms with van der Waals surface area (Å²) in [5, 5.41) is 13.7. The summed E-state index contributed by atoms with van der Waals surface area (Å²) in [6, 6.07) is 18.3. The number of aromatic hydroxyl groups is 1. The Kier molecular flexibility index (Phi) is 5.09. The summed E-state index contributed by atoms with van der Waals surface area (Å²) in [5.41, 5.74) is 4.34. The van der Waals surface area contributed by atoms with Crippen LogP contribution in [0.1, 0.15) is 0 Å². The second kappa shape index (κ2) is 8.20. The number of rotatable bonds is 4. The van der Waals surface area contributed by atoms with Gasteiger partial charge in [0.1, 0.15) is 12.1 Å². The van der Waals surface area contributed by atoms with Gasteiger partial charge in [0.15, 0.2) is 11.6 Å². The lowest BCUT2D eigenvalue weighted by Crippen LogP contribution is -2.36. The Morgan fingerprint density at radius 3 is 2.42 bits per heavy atom. The third-order valence-electron chi connectivity index (χ3n) is 5.42. The molecule has 0 atom stereocenters.